The van der Waals surface area contributed by atoms with E-state index in [0.29, 0.717) is 12.0 Å². The van der Waals surface area contributed by atoms with Gasteiger partial charge in [0.1, 0.15) is 5.82 Å². The molecule has 1 aliphatic rings. The minimum atomic E-state index is 0.266. The lowest BCUT2D eigenvalue weighted by molar-refractivity contribution is 0.222. The van der Waals surface area contributed by atoms with Crippen LogP contribution in [0.3, 0.4) is 0 Å². The van der Waals surface area contributed by atoms with Gasteiger partial charge in [0.2, 0.25) is 0 Å². The summed E-state index contributed by atoms with van der Waals surface area (Å²) in [6.45, 7) is 0.266. The first-order valence-corrected chi connectivity index (χ1v) is 6.59. The number of aliphatic hydroxyl groups excluding tert-OH is 1. The predicted octanol–water partition coefficient (Wildman–Crippen LogP) is 2.81. The summed E-state index contributed by atoms with van der Waals surface area (Å²) in [7, 11) is 0. The summed E-state index contributed by atoms with van der Waals surface area (Å²) in [6, 6.07) is 10.6. The second-order valence-corrected chi connectivity index (χ2v) is 5.01. The number of anilines is 1. The highest BCUT2D eigenvalue weighted by molar-refractivity contribution is 5.91. The van der Waals surface area contributed by atoms with Gasteiger partial charge >= 0.3 is 0 Å². The number of hydrogen-bond donors (Lipinski definition) is 2. The van der Waals surface area contributed by atoms with Crippen LogP contribution in [0, 0.1) is 5.92 Å². The van der Waals surface area contributed by atoms with Crippen molar-refractivity contribution in [2.45, 2.75) is 25.3 Å². The Morgan fingerprint density at radius 3 is 3.00 bits per heavy atom. The van der Waals surface area contributed by atoms with Crippen LogP contribution in [-0.4, -0.2) is 22.7 Å². The molecule has 0 aliphatic heterocycles. The van der Waals surface area contributed by atoms with E-state index in [-0.39, 0.29) is 6.61 Å². The molecule has 0 radical (unpaired) electrons. The third-order valence-electron chi connectivity index (χ3n) is 3.89. The molecule has 18 heavy (non-hydrogen) atoms. The number of nitrogens with zero attached hydrogens (tertiary/aromatic N) is 1. The molecule has 94 valence electrons. The molecular weight excluding hydrogens is 224 g/mol. The maximum atomic E-state index is 9.37. The van der Waals surface area contributed by atoms with Gasteiger partial charge in [0.25, 0.3) is 0 Å². The van der Waals surface area contributed by atoms with E-state index >= 15 is 0 Å². The third-order valence-corrected chi connectivity index (χ3v) is 3.89. The Hall–Kier alpha value is -1.61. The monoisotopic (exact) mass is 242 g/mol. The summed E-state index contributed by atoms with van der Waals surface area (Å²) in [4.78, 5) is 4.45. The van der Waals surface area contributed by atoms with Crippen LogP contribution in [0.5, 0.6) is 0 Å². The van der Waals surface area contributed by atoms with Crippen molar-refractivity contribution >= 4 is 16.6 Å². The molecule has 0 bridgehead atoms. The van der Waals surface area contributed by atoms with Crippen LogP contribution in [0.25, 0.3) is 10.8 Å². The second kappa shape index (κ2) is 4.94. The van der Waals surface area contributed by atoms with Crippen molar-refractivity contribution in [3.63, 3.8) is 0 Å². The highest BCUT2D eigenvalue weighted by Gasteiger charge is 2.26. The van der Waals surface area contributed by atoms with Gasteiger partial charge in [-0.2, -0.15) is 0 Å². The standard InChI is InChI=1S/C15H18N2O/c18-10-12-5-3-7-14(12)17-15-13-6-2-1-4-11(13)8-9-16-15/h1-2,4,6,8-9,12,14,18H,3,5,7,10H2,(H,16,17). The van der Waals surface area contributed by atoms with Crippen LogP contribution >= 0.6 is 0 Å². The number of aliphatic hydroxyl groups is 1. The average Bonchev–Trinajstić information content (AvgIpc) is 2.86. The summed E-state index contributed by atoms with van der Waals surface area (Å²) >= 11 is 0. The summed E-state index contributed by atoms with van der Waals surface area (Å²) in [5.41, 5.74) is 0. The number of hydrogen-bond acceptors (Lipinski definition) is 3. The largest absolute Gasteiger partial charge is 0.396 e. The molecule has 2 N–H and O–H groups in total. The van der Waals surface area contributed by atoms with E-state index in [1.165, 1.54) is 11.8 Å². The van der Waals surface area contributed by atoms with Gasteiger partial charge in [0.15, 0.2) is 0 Å². The zero-order valence-electron chi connectivity index (χ0n) is 10.3. The van der Waals surface area contributed by atoms with Crippen molar-refractivity contribution in [2.24, 2.45) is 5.92 Å². The van der Waals surface area contributed by atoms with Gasteiger partial charge in [-0.25, -0.2) is 4.98 Å². The van der Waals surface area contributed by atoms with Crippen molar-refractivity contribution in [3.05, 3.63) is 36.5 Å². The number of nitrogens with one attached hydrogen (secondary N) is 1. The van der Waals surface area contributed by atoms with Crippen molar-refractivity contribution in [3.8, 4) is 0 Å². The molecule has 1 saturated carbocycles. The van der Waals surface area contributed by atoms with Crippen LogP contribution in [0.15, 0.2) is 36.5 Å². The Morgan fingerprint density at radius 1 is 1.22 bits per heavy atom. The molecule has 3 heteroatoms. The first-order valence-electron chi connectivity index (χ1n) is 6.59. The topological polar surface area (TPSA) is 45.1 Å². The minimum Gasteiger partial charge on any atom is -0.396 e. The molecule has 0 amide bonds. The molecule has 2 unspecified atom stereocenters. The first kappa shape index (κ1) is 11.5. The minimum absolute atomic E-state index is 0.266. The number of pyridine rings is 1. The van der Waals surface area contributed by atoms with Crippen molar-refractivity contribution < 1.29 is 5.11 Å². The second-order valence-electron chi connectivity index (χ2n) is 5.01. The smallest absolute Gasteiger partial charge is 0.134 e. The number of aromatic nitrogens is 1. The molecule has 3 nitrogen and oxygen atoms in total. The van der Waals surface area contributed by atoms with E-state index in [1.54, 1.807) is 0 Å². The van der Waals surface area contributed by atoms with Crippen LogP contribution < -0.4 is 5.32 Å². The fourth-order valence-corrected chi connectivity index (χ4v) is 2.86. The van der Waals surface area contributed by atoms with E-state index in [0.717, 1.165) is 24.0 Å². The molecule has 2 atom stereocenters. The van der Waals surface area contributed by atoms with Gasteiger partial charge in [0, 0.05) is 30.1 Å². The zero-order valence-corrected chi connectivity index (χ0v) is 10.3. The highest BCUT2D eigenvalue weighted by Crippen LogP contribution is 2.29. The van der Waals surface area contributed by atoms with Crippen LogP contribution in [0.1, 0.15) is 19.3 Å². The molecule has 1 aromatic heterocycles. The Kier molecular flexibility index (Phi) is 3.15. The molecule has 1 aliphatic carbocycles. The zero-order chi connectivity index (χ0) is 12.4. The first-order chi connectivity index (χ1) is 8.88. The molecule has 1 heterocycles. The SMILES string of the molecule is OCC1CCCC1Nc1nccc2ccccc12. The maximum absolute atomic E-state index is 9.37. The molecule has 1 aromatic carbocycles. The van der Waals surface area contributed by atoms with E-state index in [1.807, 2.05) is 24.4 Å². The van der Waals surface area contributed by atoms with E-state index in [2.05, 4.69) is 22.4 Å². The summed E-state index contributed by atoms with van der Waals surface area (Å²) < 4.78 is 0. The summed E-state index contributed by atoms with van der Waals surface area (Å²) in [6.07, 6.45) is 5.26. The molecular formula is C15H18N2O. The van der Waals surface area contributed by atoms with Gasteiger partial charge in [-0.15, -0.1) is 0 Å². The fraction of sp³-hybridized carbons (Fsp3) is 0.400. The lowest BCUT2D eigenvalue weighted by Crippen LogP contribution is -2.26. The van der Waals surface area contributed by atoms with E-state index < -0.39 is 0 Å². The quantitative estimate of drug-likeness (QED) is 0.870. The van der Waals surface area contributed by atoms with Crippen molar-refractivity contribution in [1.29, 1.82) is 0 Å². The average molecular weight is 242 g/mol. The Labute approximate surface area is 107 Å². The van der Waals surface area contributed by atoms with Gasteiger partial charge in [-0.3, -0.25) is 0 Å². The van der Waals surface area contributed by atoms with E-state index in [9.17, 15) is 5.11 Å². The number of rotatable bonds is 3. The molecule has 2 aromatic rings. The molecule has 3 rings (SSSR count). The lowest BCUT2D eigenvalue weighted by atomic mass is 10.0. The Morgan fingerprint density at radius 2 is 2.11 bits per heavy atom. The fourth-order valence-electron chi connectivity index (χ4n) is 2.86. The Balaban J connectivity index is 1.90. The van der Waals surface area contributed by atoms with Crippen LogP contribution in [0.4, 0.5) is 5.82 Å². The number of benzene rings is 1. The number of fused-ring (bicyclic) bond motifs is 1. The lowest BCUT2D eigenvalue weighted by Gasteiger charge is -2.20. The molecule has 0 saturated heterocycles. The maximum Gasteiger partial charge on any atom is 0.134 e. The van der Waals surface area contributed by atoms with Crippen LogP contribution in [-0.2, 0) is 0 Å². The third kappa shape index (κ3) is 2.06. The van der Waals surface area contributed by atoms with Crippen molar-refractivity contribution in [2.75, 3.05) is 11.9 Å². The van der Waals surface area contributed by atoms with Gasteiger partial charge in [-0.05, 0) is 24.3 Å². The van der Waals surface area contributed by atoms with Gasteiger partial charge < -0.3 is 10.4 Å². The van der Waals surface area contributed by atoms with Gasteiger partial charge in [0.05, 0.1) is 0 Å². The van der Waals surface area contributed by atoms with Gasteiger partial charge in [-0.1, -0.05) is 30.7 Å². The molecule has 0 spiro atoms. The van der Waals surface area contributed by atoms with Crippen LogP contribution in [0.2, 0.25) is 0 Å². The predicted molar refractivity (Wildman–Crippen MR) is 73.6 cm³/mol. The highest BCUT2D eigenvalue weighted by atomic mass is 16.3. The Bertz CT molecular complexity index is 536. The normalized spacial score (nSPS) is 23.4. The molecule has 1 fully saturated rings. The van der Waals surface area contributed by atoms with E-state index in [4.69, 9.17) is 0 Å². The summed E-state index contributed by atoms with van der Waals surface area (Å²) in [5.74, 6) is 1.31. The van der Waals surface area contributed by atoms with Crippen molar-refractivity contribution in [1.82, 2.24) is 4.98 Å². The summed E-state index contributed by atoms with van der Waals surface area (Å²) in [5, 5.41) is 15.2.